The summed E-state index contributed by atoms with van der Waals surface area (Å²) in [6.45, 7) is 12.4. The zero-order valence-corrected chi connectivity index (χ0v) is 16.6. The standard InChI is InChI=1S/C20H34N2O4/c1-5-22(6-2)11-17(23)12-26-19-9-16(7-8-18(19)24-4)10-21-13-20(3)14-25-15-20/h7-9,17,21,23H,5-6,10-15H2,1-4H3. The lowest BCUT2D eigenvalue weighted by Gasteiger charge is -2.38. The van der Waals surface area contributed by atoms with E-state index >= 15 is 0 Å². The number of likely N-dealkylation sites (N-methyl/N-ethyl adjacent to an activating group) is 1. The quantitative estimate of drug-likeness (QED) is 0.589. The van der Waals surface area contributed by atoms with E-state index in [9.17, 15) is 5.11 Å². The SMILES string of the molecule is CCN(CC)CC(O)COc1cc(CNCC2(C)COC2)ccc1OC. The Labute approximate surface area is 157 Å². The Morgan fingerprint density at radius 1 is 1.27 bits per heavy atom. The summed E-state index contributed by atoms with van der Waals surface area (Å²) in [6.07, 6.45) is -0.528. The van der Waals surface area contributed by atoms with Gasteiger partial charge in [0.15, 0.2) is 11.5 Å². The fourth-order valence-electron chi connectivity index (χ4n) is 3.02. The third-order valence-corrected chi connectivity index (χ3v) is 4.80. The van der Waals surface area contributed by atoms with Gasteiger partial charge in [-0.1, -0.05) is 26.8 Å². The van der Waals surface area contributed by atoms with Crippen molar-refractivity contribution in [3.63, 3.8) is 0 Å². The summed E-state index contributed by atoms with van der Waals surface area (Å²) in [5.41, 5.74) is 1.38. The molecule has 2 rings (SSSR count). The average Bonchev–Trinajstić information content (AvgIpc) is 2.63. The van der Waals surface area contributed by atoms with E-state index in [2.05, 4.69) is 31.0 Å². The zero-order valence-electron chi connectivity index (χ0n) is 16.6. The van der Waals surface area contributed by atoms with Crippen LogP contribution in [0.1, 0.15) is 26.3 Å². The number of aliphatic hydroxyl groups excluding tert-OH is 1. The molecule has 1 aliphatic heterocycles. The number of hydrogen-bond acceptors (Lipinski definition) is 6. The fraction of sp³-hybridized carbons (Fsp3) is 0.700. The summed E-state index contributed by atoms with van der Waals surface area (Å²) in [7, 11) is 1.63. The molecule has 1 saturated heterocycles. The Balaban J connectivity index is 1.87. The molecule has 0 bridgehead atoms. The van der Waals surface area contributed by atoms with E-state index in [0.29, 0.717) is 18.0 Å². The van der Waals surface area contributed by atoms with Crippen LogP contribution in [-0.2, 0) is 11.3 Å². The zero-order chi connectivity index (χ0) is 19.0. The third-order valence-electron chi connectivity index (χ3n) is 4.80. The third kappa shape index (κ3) is 6.13. The molecule has 1 atom stereocenters. The van der Waals surface area contributed by atoms with Crippen LogP contribution in [0.3, 0.4) is 0 Å². The number of aliphatic hydroxyl groups is 1. The molecule has 1 heterocycles. The number of hydrogen-bond donors (Lipinski definition) is 2. The Kier molecular flexibility index (Phi) is 8.15. The van der Waals surface area contributed by atoms with E-state index < -0.39 is 6.10 Å². The smallest absolute Gasteiger partial charge is 0.161 e. The summed E-state index contributed by atoms with van der Waals surface area (Å²) >= 11 is 0. The van der Waals surface area contributed by atoms with Gasteiger partial charge >= 0.3 is 0 Å². The molecule has 26 heavy (non-hydrogen) atoms. The average molecular weight is 367 g/mol. The van der Waals surface area contributed by atoms with Crippen LogP contribution in [0.25, 0.3) is 0 Å². The minimum absolute atomic E-state index is 0.249. The van der Waals surface area contributed by atoms with Crippen LogP contribution in [0.2, 0.25) is 0 Å². The van der Waals surface area contributed by atoms with Gasteiger partial charge in [0.1, 0.15) is 12.7 Å². The number of nitrogens with zero attached hydrogens (tertiary/aromatic N) is 1. The first kappa shape index (κ1) is 21.0. The van der Waals surface area contributed by atoms with Crippen LogP contribution in [0, 0.1) is 5.41 Å². The van der Waals surface area contributed by atoms with Crippen molar-refractivity contribution in [2.75, 3.05) is 53.1 Å². The van der Waals surface area contributed by atoms with Gasteiger partial charge in [-0.05, 0) is 30.8 Å². The van der Waals surface area contributed by atoms with Crippen molar-refractivity contribution in [3.8, 4) is 11.5 Å². The normalized spacial score (nSPS) is 17.0. The van der Waals surface area contributed by atoms with Crippen molar-refractivity contribution >= 4 is 0 Å². The van der Waals surface area contributed by atoms with E-state index in [1.54, 1.807) is 7.11 Å². The lowest BCUT2D eigenvalue weighted by molar-refractivity contribution is -0.0991. The van der Waals surface area contributed by atoms with E-state index in [1.165, 1.54) is 0 Å². The van der Waals surface area contributed by atoms with Crippen LogP contribution in [0.4, 0.5) is 0 Å². The van der Waals surface area contributed by atoms with Gasteiger partial charge in [0.2, 0.25) is 0 Å². The molecule has 1 unspecified atom stereocenters. The first-order valence-corrected chi connectivity index (χ1v) is 9.48. The van der Waals surface area contributed by atoms with Crippen molar-refractivity contribution in [2.24, 2.45) is 5.41 Å². The molecule has 1 fully saturated rings. The highest BCUT2D eigenvalue weighted by Gasteiger charge is 2.32. The molecule has 1 aromatic carbocycles. The summed E-state index contributed by atoms with van der Waals surface area (Å²) < 4.78 is 16.5. The lowest BCUT2D eigenvalue weighted by Crippen LogP contribution is -2.47. The number of benzene rings is 1. The number of ether oxygens (including phenoxy) is 3. The number of methoxy groups -OCH3 is 1. The van der Waals surface area contributed by atoms with Crippen LogP contribution in [-0.4, -0.2) is 69.2 Å². The summed E-state index contributed by atoms with van der Waals surface area (Å²) in [4.78, 5) is 2.18. The van der Waals surface area contributed by atoms with E-state index in [1.807, 2.05) is 18.2 Å². The highest BCUT2D eigenvalue weighted by Crippen LogP contribution is 2.29. The van der Waals surface area contributed by atoms with Gasteiger partial charge in [-0.3, -0.25) is 0 Å². The lowest BCUT2D eigenvalue weighted by atomic mass is 9.89. The molecule has 0 amide bonds. The molecule has 0 aliphatic carbocycles. The van der Waals surface area contributed by atoms with E-state index in [-0.39, 0.29) is 12.0 Å². The molecule has 148 valence electrons. The fourth-order valence-corrected chi connectivity index (χ4v) is 3.02. The van der Waals surface area contributed by atoms with Crippen molar-refractivity contribution in [1.29, 1.82) is 0 Å². The maximum atomic E-state index is 10.2. The van der Waals surface area contributed by atoms with Crippen LogP contribution in [0.15, 0.2) is 18.2 Å². The molecule has 6 nitrogen and oxygen atoms in total. The maximum absolute atomic E-state index is 10.2. The second-order valence-corrected chi connectivity index (χ2v) is 7.34. The minimum atomic E-state index is -0.528. The Morgan fingerprint density at radius 2 is 2.00 bits per heavy atom. The number of rotatable bonds is 12. The Hall–Kier alpha value is -1.34. The van der Waals surface area contributed by atoms with Gasteiger partial charge in [0, 0.05) is 25.0 Å². The van der Waals surface area contributed by atoms with E-state index in [0.717, 1.165) is 45.0 Å². The van der Waals surface area contributed by atoms with Crippen molar-refractivity contribution in [2.45, 2.75) is 33.4 Å². The second kappa shape index (κ2) is 10.1. The molecule has 2 N–H and O–H groups in total. The highest BCUT2D eigenvalue weighted by molar-refractivity contribution is 5.43. The van der Waals surface area contributed by atoms with Crippen molar-refractivity contribution in [1.82, 2.24) is 10.2 Å². The van der Waals surface area contributed by atoms with Gasteiger partial charge in [0.05, 0.1) is 20.3 Å². The largest absolute Gasteiger partial charge is 0.493 e. The molecule has 0 radical (unpaired) electrons. The van der Waals surface area contributed by atoms with Crippen LogP contribution in [0.5, 0.6) is 11.5 Å². The molecule has 6 heteroatoms. The predicted octanol–water partition coefficient (Wildman–Crippen LogP) is 1.90. The first-order valence-electron chi connectivity index (χ1n) is 9.48. The van der Waals surface area contributed by atoms with Crippen LogP contribution < -0.4 is 14.8 Å². The highest BCUT2D eigenvalue weighted by atomic mass is 16.5. The maximum Gasteiger partial charge on any atom is 0.161 e. The van der Waals surface area contributed by atoms with Gasteiger partial charge in [-0.2, -0.15) is 0 Å². The molecular formula is C20H34N2O4. The summed E-state index contributed by atoms with van der Waals surface area (Å²) in [5, 5.41) is 13.7. The topological polar surface area (TPSA) is 63.2 Å². The van der Waals surface area contributed by atoms with Gasteiger partial charge in [0.25, 0.3) is 0 Å². The monoisotopic (exact) mass is 366 g/mol. The van der Waals surface area contributed by atoms with Crippen molar-refractivity contribution in [3.05, 3.63) is 23.8 Å². The van der Waals surface area contributed by atoms with E-state index in [4.69, 9.17) is 14.2 Å². The summed E-state index contributed by atoms with van der Waals surface area (Å²) in [5.74, 6) is 1.35. The van der Waals surface area contributed by atoms with Crippen LogP contribution >= 0.6 is 0 Å². The summed E-state index contributed by atoms with van der Waals surface area (Å²) in [6, 6.07) is 5.93. The van der Waals surface area contributed by atoms with Crippen molar-refractivity contribution < 1.29 is 19.3 Å². The second-order valence-electron chi connectivity index (χ2n) is 7.34. The van der Waals surface area contributed by atoms with Gasteiger partial charge < -0.3 is 29.5 Å². The molecule has 1 aromatic rings. The predicted molar refractivity (Wildman–Crippen MR) is 103 cm³/mol. The van der Waals surface area contributed by atoms with Gasteiger partial charge in [-0.25, -0.2) is 0 Å². The number of nitrogens with one attached hydrogen (secondary N) is 1. The molecule has 0 saturated carbocycles. The first-order chi connectivity index (χ1) is 12.5. The molecule has 1 aliphatic rings. The molecule has 0 spiro atoms. The Bertz CT molecular complexity index is 545. The Morgan fingerprint density at radius 3 is 2.58 bits per heavy atom. The minimum Gasteiger partial charge on any atom is -0.493 e. The molecule has 0 aromatic heterocycles. The van der Waals surface area contributed by atoms with Gasteiger partial charge in [-0.15, -0.1) is 0 Å². The molecular weight excluding hydrogens is 332 g/mol.